The SMILES string of the molecule is CCC(C)NC1=CC=C(C(F)(F)F)NC1(N)C1CCCC1. The Hall–Kier alpha value is -1.17. The first kappa shape index (κ1) is 16.2. The number of rotatable bonds is 4. The van der Waals surface area contributed by atoms with Crippen LogP contribution in [0.4, 0.5) is 13.2 Å². The Bertz CT molecular complexity index is 436. The topological polar surface area (TPSA) is 50.1 Å². The fourth-order valence-corrected chi connectivity index (χ4v) is 3.04. The van der Waals surface area contributed by atoms with Crippen LogP contribution >= 0.6 is 0 Å². The molecule has 0 aromatic carbocycles. The van der Waals surface area contributed by atoms with Gasteiger partial charge in [0.15, 0.2) is 0 Å². The van der Waals surface area contributed by atoms with Gasteiger partial charge in [0.1, 0.15) is 11.4 Å². The van der Waals surface area contributed by atoms with Gasteiger partial charge in [-0.05, 0) is 38.3 Å². The Morgan fingerprint density at radius 2 is 2.00 bits per heavy atom. The van der Waals surface area contributed by atoms with E-state index in [-0.39, 0.29) is 12.0 Å². The van der Waals surface area contributed by atoms with Crippen molar-refractivity contribution < 1.29 is 13.2 Å². The van der Waals surface area contributed by atoms with Crippen molar-refractivity contribution >= 4 is 0 Å². The minimum Gasteiger partial charge on any atom is -0.383 e. The molecule has 2 unspecified atom stereocenters. The third-order valence-electron chi connectivity index (χ3n) is 4.52. The van der Waals surface area contributed by atoms with Crippen LogP contribution in [0.5, 0.6) is 0 Å². The number of allylic oxidation sites excluding steroid dienone is 3. The van der Waals surface area contributed by atoms with Crippen molar-refractivity contribution in [2.45, 2.75) is 63.8 Å². The average Bonchev–Trinajstić information content (AvgIpc) is 2.94. The normalized spacial score (nSPS) is 28.7. The lowest BCUT2D eigenvalue weighted by Crippen LogP contribution is -2.64. The van der Waals surface area contributed by atoms with Crippen LogP contribution in [0.25, 0.3) is 0 Å². The van der Waals surface area contributed by atoms with Crippen molar-refractivity contribution in [1.29, 1.82) is 0 Å². The fourth-order valence-electron chi connectivity index (χ4n) is 3.04. The number of nitrogens with one attached hydrogen (secondary N) is 2. The molecule has 3 nitrogen and oxygen atoms in total. The molecular formula is C15H24F3N3. The number of hydrogen-bond acceptors (Lipinski definition) is 3. The summed E-state index contributed by atoms with van der Waals surface area (Å²) < 4.78 is 39.0. The molecule has 0 spiro atoms. The summed E-state index contributed by atoms with van der Waals surface area (Å²) >= 11 is 0. The molecular weight excluding hydrogens is 279 g/mol. The number of hydrogen-bond donors (Lipinski definition) is 3. The van der Waals surface area contributed by atoms with Crippen LogP contribution in [-0.4, -0.2) is 17.9 Å². The molecule has 0 amide bonds. The van der Waals surface area contributed by atoms with Crippen LogP contribution < -0.4 is 16.4 Å². The number of halogens is 3. The molecule has 120 valence electrons. The van der Waals surface area contributed by atoms with Gasteiger partial charge in [0.2, 0.25) is 0 Å². The Morgan fingerprint density at radius 3 is 2.52 bits per heavy atom. The minimum absolute atomic E-state index is 0.0198. The summed E-state index contributed by atoms with van der Waals surface area (Å²) in [5.74, 6) is 0.0198. The molecule has 1 heterocycles. The quantitative estimate of drug-likeness (QED) is 0.748. The second kappa shape index (κ2) is 5.91. The zero-order valence-electron chi connectivity index (χ0n) is 12.6. The summed E-state index contributed by atoms with van der Waals surface area (Å²) in [6.07, 6.45) is 2.80. The van der Waals surface area contributed by atoms with E-state index in [2.05, 4.69) is 10.6 Å². The number of nitrogens with two attached hydrogens (primary N) is 1. The van der Waals surface area contributed by atoms with Crippen LogP contribution in [-0.2, 0) is 0 Å². The van der Waals surface area contributed by atoms with Gasteiger partial charge in [-0.3, -0.25) is 0 Å². The van der Waals surface area contributed by atoms with Crippen LogP contribution in [0.1, 0.15) is 46.0 Å². The van der Waals surface area contributed by atoms with E-state index in [0.29, 0.717) is 5.70 Å². The highest BCUT2D eigenvalue weighted by Gasteiger charge is 2.47. The monoisotopic (exact) mass is 303 g/mol. The van der Waals surface area contributed by atoms with Gasteiger partial charge in [-0.1, -0.05) is 19.8 Å². The second-order valence-corrected chi connectivity index (χ2v) is 6.09. The van der Waals surface area contributed by atoms with Crippen molar-refractivity contribution in [3.05, 3.63) is 23.5 Å². The van der Waals surface area contributed by atoms with Gasteiger partial charge < -0.3 is 16.4 Å². The molecule has 21 heavy (non-hydrogen) atoms. The molecule has 0 aromatic rings. The first-order valence-electron chi connectivity index (χ1n) is 7.60. The molecule has 1 saturated carbocycles. The summed E-state index contributed by atoms with van der Waals surface area (Å²) in [5, 5.41) is 5.84. The molecule has 2 rings (SSSR count). The van der Waals surface area contributed by atoms with Gasteiger partial charge in [0.25, 0.3) is 0 Å². The van der Waals surface area contributed by atoms with Crippen molar-refractivity contribution in [1.82, 2.24) is 10.6 Å². The van der Waals surface area contributed by atoms with Crippen molar-refractivity contribution in [3.63, 3.8) is 0 Å². The van der Waals surface area contributed by atoms with E-state index in [1.165, 1.54) is 6.08 Å². The minimum atomic E-state index is -4.40. The smallest absolute Gasteiger partial charge is 0.383 e. The lowest BCUT2D eigenvalue weighted by atomic mass is 9.85. The summed E-state index contributed by atoms with van der Waals surface area (Å²) in [5.41, 5.74) is 5.17. The predicted molar refractivity (Wildman–Crippen MR) is 77.1 cm³/mol. The van der Waals surface area contributed by atoms with Crippen LogP contribution in [0, 0.1) is 5.92 Å². The lowest BCUT2D eigenvalue weighted by Gasteiger charge is -2.43. The third-order valence-corrected chi connectivity index (χ3v) is 4.52. The van der Waals surface area contributed by atoms with Gasteiger partial charge in [0.05, 0.1) is 5.70 Å². The number of dihydropyridines is 1. The van der Waals surface area contributed by atoms with E-state index >= 15 is 0 Å². The third kappa shape index (κ3) is 3.36. The molecule has 2 aliphatic rings. The van der Waals surface area contributed by atoms with Gasteiger partial charge >= 0.3 is 6.18 Å². The molecule has 1 aliphatic carbocycles. The zero-order chi connectivity index (χ0) is 15.7. The second-order valence-electron chi connectivity index (χ2n) is 6.09. The zero-order valence-corrected chi connectivity index (χ0v) is 12.6. The number of alkyl halides is 3. The van der Waals surface area contributed by atoms with Crippen molar-refractivity contribution in [3.8, 4) is 0 Å². The molecule has 0 aromatic heterocycles. The highest BCUT2D eigenvalue weighted by atomic mass is 19.4. The van der Waals surface area contributed by atoms with E-state index in [4.69, 9.17) is 5.73 Å². The van der Waals surface area contributed by atoms with Gasteiger partial charge in [-0.15, -0.1) is 0 Å². The van der Waals surface area contributed by atoms with Gasteiger partial charge in [-0.2, -0.15) is 13.2 Å². The van der Waals surface area contributed by atoms with Crippen LogP contribution in [0.15, 0.2) is 23.5 Å². The van der Waals surface area contributed by atoms with Crippen LogP contribution in [0.2, 0.25) is 0 Å². The van der Waals surface area contributed by atoms with E-state index in [1.807, 2.05) is 13.8 Å². The molecule has 2 atom stereocenters. The first-order chi connectivity index (χ1) is 9.77. The summed E-state index contributed by atoms with van der Waals surface area (Å²) in [6, 6.07) is 0.170. The van der Waals surface area contributed by atoms with E-state index in [1.54, 1.807) is 0 Å². The summed E-state index contributed by atoms with van der Waals surface area (Å²) in [7, 11) is 0. The van der Waals surface area contributed by atoms with E-state index in [9.17, 15) is 13.2 Å². The maximum atomic E-state index is 13.0. The fraction of sp³-hybridized carbons (Fsp3) is 0.733. The largest absolute Gasteiger partial charge is 0.430 e. The van der Waals surface area contributed by atoms with Crippen LogP contribution in [0.3, 0.4) is 0 Å². The lowest BCUT2D eigenvalue weighted by molar-refractivity contribution is -0.100. The average molecular weight is 303 g/mol. The molecule has 0 radical (unpaired) electrons. The standard InChI is InChI=1S/C15H24F3N3/c1-3-10(2)20-12-8-9-13(15(16,17)18)21-14(12,19)11-6-4-5-7-11/h8-11,20-21H,3-7,19H2,1-2H3. The molecule has 1 fully saturated rings. The molecule has 6 heteroatoms. The highest BCUT2D eigenvalue weighted by Crippen LogP contribution is 2.39. The van der Waals surface area contributed by atoms with Crippen molar-refractivity contribution in [2.24, 2.45) is 11.7 Å². The Labute approximate surface area is 123 Å². The van der Waals surface area contributed by atoms with Gasteiger partial charge in [0, 0.05) is 12.0 Å². The molecule has 0 saturated heterocycles. The first-order valence-corrected chi connectivity index (χ1v) is 7.60. The molecule has 4 N–H and O–H groups in total. The Balaban J connectivity index is 2.30. The summed E-state index contributed by atoms with van der Waals surface area (Å²) in [4.78, 5) is 0. The maximum Gasteiger partial charge on any atom is 0.430 e. The van der Waals surface area contributed by atoms with Gasteiger partial charge in [-0.25, -0.2) is 0 Å². The van der Waals surface area contributed by atoms with Crippen molar-refractivity contribution in [2.75, 3.05) is 0 Å². The molecule has 1 aliphatic heterocycles. The predicted octanol–water partition coefficient (Wildman–Crippen LogP) is 3.15. The van der Waals surface area contributed by atoms with E-state index in [0.717, 1.165) is 38.2 Å². The Kier molecular flexibility index (Phi) is 4.56. The van der Waals surface area contributed by atoms with E-state index < -0.39 is 17.5 Å². The Morgan fingerprint density at radius 1 is 1.38 bits per heavy atom. The molecule has 0 bridgehead atoms. The summed E-state index contributed by atoms with van der Waals surface area (Å²) in [6.45, 7) is 4.03. The maximum absolute atomic E-state index is 13.0. The highest BCUT2D eigenvalue weighted by molar-refractivity contribution is 5.34.